The van der Waals surface area contributed by atoms with Gasteiger partial charge < -0.3 is 24.3 Å². The van der Waals surface area contributed by atoms with E-state index < -0.39 is 6.04 Å². The van der Waals surface area contributed by atoms with E-state index in [0.717, 1.165) is 0 Å². The van der Waals surface area contributed by atoms with E-state index in [1.165, 1.54) is 4.68 Å². The normalized spacial score (nSPS) is 17.4. The first kappa shape index (κ1) is 19.2. The zero-order valence-corrected chi connectivity index (χ0v) is 15.8. The maximum atomic E-state index is 12.9. The van der Waals surface area contributed by atoms with Crippen LogP contribution in [0.5, 0.6) is 11.5 Å². The third-order valence-corrected chi connectivity index (χ3v) is 4.38. The highest BCUT2D eigenvalue weighted by Crippen LogP contribution is 2.33. The van der Waals surface area contributed by atoms with Gasteiger partial charge >= 0.3 is 0 Å². The summed E-state index contributed by atoms with van der Waals surface area (Å²) < 4.78 is 22.7. The van der Waals surface area contributed by atoms with Crippen LogP contribution in [0.25, 0.3) is 0 Å². The molecular formula is C18H21N5O6. The average Bonchev–Trinajstić information content (AvgIpc) is 3.13. The minimum atomic E-state index is -0.827. The quantitative estimate of drug-likeness (QED) is 0.648. The van der Waals surface area contributed by atoms with Gasteiger partial charge in [-0.2, -0.15) is 10.1 Å². The number of aromatic nitrogens is 3. The van der Waals surface area contributed by atoms with Crippen LogP contribution in [0.3, 0.4) is 0 Å². The Morgan fingerprint density at radius 3 is 2.97 bits per heavy atom. The van der Waals surface area contributed by atoms with E-state index in [0.29, 0.717) is 49.4 Å². The van der Waals surface area contributed by atoms with Crippen molar-refractivity contribution in [1.82, 2.24) is 14.8 Å². The minimum absolute atomic E-state index is 0.0449. The van der Waals surface area contributed by atoms with E-state index in [1.807, 2.05) is 0 Å². The predicted molar refractivity (Wildman–Crippen MR) is 99.9 cm³/mol. The van der Waals surface area contributed by atoms with Gasteiger partial charge in [0.2, 0.25) is 17.8 Å². The van der Waals surface area contributed by atoms with E-state index in [4.69, 9.17) is 18.9 Å². The number of nitrogens with one attached hydrogen (secondary N) is 2. The number of ether oxygens (including phenoxy) is 4. The van der Waals surface area contributed by atoms with Gasteiger partial charge in [-0.1, -0.05) is 0 Å². The second kappa shape index (κ2) is 8.45. The van der Waals surface area contributed by atoms with Crippen LogP contribution in [0.1, 0.15) is 18.3 Å². The number of rotatable bonds is 7. The molecule has 0 saturated heterocycles. The highest BCUT2D eigenvalue weighted by molar-refractivity contribution is 6.00. The Hall–Kier alpha value is -3.18. The zero-order valence-electron chi connectivity index (χ0n) is 15.8. The van der Waals surface area contributed by atoms with Crippen molar-refractivity contribution in [2.75, 3.05) is 44.2 Å². The third-order valence-electron chi connectivity index (χ3n) is 4.38. The molecule has 2 aromatic rings. The lowest BCUT2D eigenvalue weighted by Gasteiger charge is -2.23. The number of hydrogen-bond donors (Lipinski definition) is 2. The first-order valence-electron chi connectivity index (χ1n) is 9.16. The number of benzene rings is 1. The summed E-state index contributed by atoms with van der Waals surface area (Å²) in [5.41, 5.74) is 0.537. The van der Waals surface area contributed by atoms with E-state index in [-0.39, 0.29) is 30.8 Å². The Balaban J connectivity index is 1.47. The van der Waals surface area contributed by atoms with Crippen LogP contribution in [0.2, 0.25) is 0 Å². The molecule has 1 atom stereocenters. The summed E-state index contributed by atoms with van der Waals surface area (Å²) in [6.07, 6.45) is -0.0449. The summed E-state index contributed by atoms with van der Waals surface area (Å²) in [6.45, 7) is 1.93. The molecule has 0 aliphatic carbocycles. The number of carbonyl (C=O) groups excluding carboxylic acids is 2. The molecule has 0 fully saturated rings. The molecule has 4 rings (SSSR count). The molecule has 3 heterocycles. The summed E-state index contributed by atoms with van der Waals surface area (Å²) >= 11 is 0. The fraction of sp³-hybridized carbons (Fsp3) is 0.444. The van der Waals surface area contributed by atoms with Crippen molar-refractivity contribution in [2.45, 2.75) is 19.1 Å². The van der Waals surface area contributed by atoms with Gasteiger partial charge in [0.05, 0.1) is 19.6 Å². The molecule has 2 N–H and O–H groups in total. The highest BCUT2D eigenvalue weighted by Gasteiger charge is 2.33. The molecule has 2 aliphatic heterocycles. The molecule has 0 spiro atoms. The van der Waals surface area contributed by atoms with Gasteiger partial charge in [-0.05, 0) is 12.1 Å². The molecular weight excluding hydrogens is 382 g/mol. The number of amides is 2. The molecule has 1 aromatic carbocycles. The summed E-state index contributed by atoms with van der Waals surface area (Å²) in [6, 6.07) is 4.30. The largest absolute Gasteiger partial charge is 0.486 e. The van der Waals surface area contributed by atoms with E-state index >= 15 is 0 Å². The predicted octanol–water partition coefficient (Wildman–Crippen LogP) is 0.734. The van der Waals surface area contributed by atoms with Crippen LogP contribution < -0.4 is 20.1 Å². The Kier molecular flexibility index (Phi) is 5.58. The number of hydrogen-bond acceptors (Lipinski definition) is 8. The number of methoxy groups -OCH3 is 1. The van der Waals surface area contributed by atoms with Crippen LogP contribution in [0.15, 0.2) is 18.2 Å². The fourth-order valence-corrected chi connectivity index (χ4v) is 3.03. The maximum Gasteiger partial charge on any atom is 0.249 e. The Morgan fingerprint density at radius 1 is 1.31 bits per heavy atom. The second-order valence-corrected chi connectivity index (χ2v) is 6.46. The average molecular weight is 403 g/mol. The van der Waals surface area contributed by atoms with Crippen LogP contribution in [0.4, 0.5) is 11.6 Å². The number of nitrogens with zero attached hydrogens (tertiary/aromatic N) is 3. The first-order valence-corrected chi connectivity index (χ1v) is 9.16. The molecule has 1 aromatic heterocycles. The molecule has 11 nitrogen and oxygen atoms in total. The van der Waals surface area contributed by atoms with Gasteiger partial charge in [0.15, 0.2) is 17.3 Å². The van der Waals surface area contributed by atoms with Gasteiger partial charge in [0.25, 0.3) is 0 Å². The standard InChI is InChI=1S/C18H21N5O6/c1-26-4-5-27-10-15-20-18-21-16(24)9-12(23(18)22-15)17(25)19-11-2-3-13-14(8-11)29-7-6-28-13/h2-3,8,12H,4-7,9-10H2,1H3,(H,19,25)(H,20,21,22,24)/t12-/m0/s1. The molecule has 11 heteroatoms. The van der Waals surface area contributed by atoms with Crippen molar-refractivity contribution < 1.29 is 28.5 Å². The molecule has 154 valence electrons. The van der Waals surface area contributed by atoms with Crippen LogP contribution in [-0.2, 0) is 25.7 Å². The van der Waals surface area contributed by atoms with E-state index in [1.54, 1.807) is 25.3 Å². The highest BCUT2D eigenvalue weighted by atomic mass is 16.6. The van der Waals surface area contributed by atoms with E-state index in [9.17, 15) is 9.59 Å². The van der Waals surface area contributed by atoms with Gasteiger partial charge in [-0.3, -0.25) is 14.9 Å². The third kappa shape index (κ3) is 4.30. The van der Waals surface area contributed by atoms with Gasteiger partial charge in [0.1, 0.15) is 25.9 Å². The summed E-state index contributed by atoms with van der Waals surface area (Å²) in [4.78, 5) is 29.1. The molecule has 0 unspecified atom stereocenters. The lowest BCUT2D eigenvalue weighted by atomic mass is 10.1. The minimum Gasteiger partial charge on any atom is -0.486 e. The first-order chi connectivity index (χ1) is 14.1. The number of carbonyl (C=O) groups is 2. The topological polar surface area (TPSA) is 126 Å². The van der Waals surface area contributed by atoms with Crippen molar-refractivity contribution in [3.8, 4) is 11.5 Å². The van der Waals surface area contributed by atoms with Crippen molar-refractivity contribution in [3.05, 3.63) is 24.0 Å². The second-order valence-electron chi connectivity index (χ2n) is 6.46. The van der Waals surface area contributed by atoms with Gasteiger partial charge in [-0.15, -0.1) is 0 Å². The Morgan fingerprint density at radius 2 is 2.14 bits per heavy atom. The summed E-state index contributed by atoms with van der Waals surface area (Å²) in [5, 5.41) is 9.74. The fourth-order valence-electron chi connectivity index (χ4n) is 3.03. The van der Waals surface area contributed by atoms with Crippen LogP contribution in [0, 0.1) is 0 Å². The SMILES string of the molecule is COCCOCc1nc2n(n1)[C@H](C(=O)Nc1ccc3c(c1)OCCO3)CC(=O)N2. The lowest BCUT2D eigenvalue weighted by molar-refractivity contribution is -0.125. The van der Waals surface area contributed by atoms with Crippen molar-refractivity contribution in [1.29, 1.82) is 0 Å². The summed E-state index contributed by atoms with van der Waals surface area (Å²) in [5.74, 6) is 1.09. The monoisotopic (exact) mass is 403 g/mol. The molecule has 0 radical (unpaired) electrons. The smallest absolute Gasteiger partial charge is 0.249 e. The van der Waals surface area contributed by atoms with Gasteiger partial charge in [-0.25, -0.2) is 4.68 Å². The van der Waals surface area contributed by atoms with Crippen molar-refractivity contribution in [3.63, 3.8) is 0 Å². The van der Waals surface area contributed by atoms with E-state index in [2.05, 4.69) is 20.7 Å². The van der Waals surface area contributed by atoms with Crippen LogP contribution in [-0.4, -0.2) is 60.1 Å². The number of anilines is 2. The molecule has 0 bridgehead atoms. The maximum absolute atomic E-state index is 12.9. The zero-order chi connectivity index (χ0) is 20.2. The van der Waals surface area contributed by atoms with Gasteiger partial charge in [0, 0.05) is 18.9 Å². The summed E-state index contributed by atoms with van der Waals surface area (Å²) in [7, 11) is 1.58. The Bertz CT molecular complexity index is 914. The van der Waals surface area contributed by atoms with Crippen LogP contribution >= 0.6 is 0 Å². The molecule has 29 heavy (non-hydrogen) atoms. The molecule has 0 saturated carbocycles. The lowest BCUT2D eigenvalue weighted by Crippen LogP contribution is -2.36. The van der Waals surface area contributed by atoms with Crippen molar-refractivity contribution in [2.24, 2.45) is 0 Å². The van der Waals surface area contributed by atoms with Crippen molar-refractivity contribution >= 4 is 23.5 Å². The Labute approximate surface area is 166 Å². The number of fused-ring (bicyclic) bond motifs is 2. The molecule has 2 amide bonds. The molecule has 2 aliphatic rings.